The van der Waals surface area contributed by atoms with Crippen LogP contribution in [-0.2, 0) is 4.79 Å². The molecule has 0 bridgehead atoms. The molecule has 1 amide bonds. The van der Waals surface area contributed by atoms with Crippen molar-refractivity contribution in [1.82, 2.24) is 5.32 Å². The average Bonchev–Trinajstić information content (AvgIpc) is 3.08. The Labute approximate surface area is 188 Å². The summed E-state index contributed by atoms with van der Waals surface area (Å²) in [7, 11) is 0. The van der Waals surface area contributed by atoms with Gasteiger partial charge in [0.2, 0.25) is 5.91 Å². The summed E-state index contributed by atoms with van der Waals surface area (Å²) in [6.07, 6.45) is 15.4. The lowest BCUT2D eigenvalue weighted by molar-refractivity contribution is -0.214. The molecule has 5 heteroatoms. The van der Waals surface area contributed by atoms with Crippen LogP contribution < -0.4 is 11.1 Å². The Hall–Kier alpha value is -0.910. The third kappa shape index (κ3) is 4.00. The van der Waals surface area contributed by atoms with Gasteiger partial charge in [-0.05, 0) is 104 Å². The largest absolute Gasteiger partial charge is 0.390 e. The van der Waals surface area contributed by atoms with Gasteiger partial charge in [0.25, 0.3) is 0 Å². The van der Waals surface area contributed by atoms with Crippen molar-refractivity contribution in [2.75, 3.05) is 6.67 Å². The number of hydrogen-bond donors (Lipinski definition) is 4. The summed E-state index contributed by atoms with van der Waals surface area (Å²) < 4.78 is 0. The molecule has 4 aliphatic carbocycles. The molecule has 0 saturated heterocycles. The van der Waals surface area contributed by atoms with Gasteiger partial charge in [-0.15, -0.1) is 0 Å². The number of aliphatic hydroxyl groups excluding tert-OH is 2. The molecule has 0 aromatic rings. The second-order valence-electron chi connectivity index (χ2n) is 11.5. The van der Waals surface area contributed by atoms with Crippen LogP contribution >= 0.6 is 0 Å². The lowest BCUT2D eigenvalue weighted by atomic mass is 9.43. The standard InChI is InChI=1S/C26H44N2O3/c1-25-15-13-19-22(24(31)23(30)20-9-6-7-14-26(19,20)2)18(25)12-11-17(25)8-4-3-5-10-21(29)28-16-27/h5,10,17-20,22-24,30-31H,3-4,6-9,11-16,27H2,1-2H3,(H,28,29)/b10-5+. The number of rotatable bonds is 6. The molecular formula is C26H44N2O3. The molecule has 9 unspecified atom stereocenters. The second kappa shape index (κ2) is 9.15. The zero-order chi connectivity index (χ0) is 22.2. The predicted octanol–water partition coefficient (Wildman–Crippen LogP) is 3.74. The van der Waals surface area contributed by atoms with E-state index in [2.05, 4.69) is 19.2 Å². The number of amides is 1. The smallest absolute Gasteiger partial charge is 0.244 e. The third-order valence-electron chi connectivity index (χ3n) is 10.3. The van der Waals surface area contributed by atoms with Gasteiger partial charge in [0.05, 0.1) is 18.9 Å². The Morgan fingerprint density at radius 1 is 1.00 bits per heavy atom. The molecule has 31 heavy (non-hydrogen) atoms. The summed E-state index contributed by atoms with van der Waals surface area (Å²) in [5.41, 5.74) is 5.81. The van der Waals surface area contributed by atoms with Crippen molar-refractivity contribution in [2.24, 2.45) is 46.2 Å². The van der Waals surface area contributed by atoms with Gasteiger partial charge in [0.1, 0.15) is 0 Å². The summed E-state index contributed by atoms with van der Waals surface area (Å²) in [6, 6.07) is 0. The monoisotopic (exact) mass is 432 g/mol. The van der Waals surface area contributed by atoms with E-state index in [-0.39, 0.29) is 35.2 Å². The molecule has 0 heterocycles. The molecule has 4 rings (SSSR count). The second-order valence-corrected chi connectivity index (χ2v) is 11.5. The molecular weight excluding hydrogens is 388 g/mol. The highest BCUT2D eigenvalue weighted by atomic mass is 16.3. The number of aliphatic hydroxyl groups is 2. The summed E-state index contributed by atoms with van der Waals surface area (Å²) in [6.45, 7) is 5.09. The van der Waals surface area contributed by atoms with Crippen molar-refractivity contribution in [2.45, 2.75) is 96.7 Å². The van der Waals surface area contributed by atoms with Gasteiger partial charge in [-0.1, -0.05) is 32.8 Å². The number of carbonyl (C=O) groups is 1. The van der Waals surface area contributed by atoms with Crippen LogP contribution in [0.3, 0.4) is 0 Å². The number of nitrogens with one attached hydrogen (secondary N) is 1. The van der Waals surface area contributed by atoms with E-state index >= 15 is 0 Å². The molecule has 5 nitrogen and oxygen atoms in total. The lowest BCUT2D eigenvalue weighted by Gasteiger charge is -2.63. The van der Waals surface area contributed by atoms with Gasteiger partial charge >= 0.3 is 0 Å². The van der Waals surface area contributed by atoms with Crippen LogP contribution in [0.2, 0.25) is 0 Å². The Morgan fingerprint density at radius 3 is 2.55 bits per heavy atom. The zero-order valence-electron chi connectivity index (χ0n) is 19.6. The minimum Gasteiger partial charge on any atom is -0.390 e. The molecule has 4 saturated carbocycles. The molecule has 5 N–H and O–H groups in total. The highest BCUT2D eigenvalue weighted by Gasteiger charge is 2.64. The first-order valence-corrected chi connectivity index (χ1v) is 12.8. The van der Waals surface area contributed by atoms with E-state index in [1.165, 1.54) is 51.4 Å². The number of unbranched alkanes of at least 4 members (excludes halogenated alkanes) is 1. The topological polar surface area (TPSA) is 95.6 Å². The quantitative estimate of drug-likeness (QED) is 0.292. The van der Waals surface area contributed by atoms with E-state index < -0.39 is 12.2 Å². The van der Waals surface area contributed by atoms with E-state index in [1.54, 1.807) is 6.08 Å². The molecule has 176 valence electrons. The number of allylic oxidation sites excluding steroid dienone is 1. The minimum absolute atomic E-state index is 0.118. The van der Waals surface area contributed by atoms with Crippen LogP contribution in [0.25, 0.3) is 0 Å². The number of hydrogen-bond acceptors (Lipinski definition) is 4. The molecule has 0 spiro atoms. The third-order valence-corrected chi connectivity index (χ3v) is 10.3. The Kier molecular flexibility index (Phi) is 6.86. The van der Waals surface area contributed by atoms with Crippen LogP contribution in [0.5, 0.6) is 0 Å². The fourth-order valence-corrected chi connectivity index (χ4v) is 8.73. The Balaban J connectivity index is 1.42. The maximum absolute atomic E-state index is 11.5. The van der Waals surface area contributed by atoms with Gasteiger partial charge in [-0.2, -0.15) is 0 Å². The van der Waals surface area contributed by atoms with E-state index in [9.17, 15) is 15.0 Å². The van der Waals surface area contributed by atoms with Gasteiger partial charge in [-0.25, -0.2) is 0 Å². The van der Waals surface area contributed by atoms with Gasteiger partial charge in [0.15, 0.2) is 0 Å². The first kappa shape index (κ1) is 23.3. The van der Waals surface area contributed by atoms with Gasteiger partial charge < -0.3 is 21.3 Å². The number of nitrogens with two attached hydrogens (primary N) is 1. The van der Waals surface area contributed by atoms with Crippen LogP contribution in [0.4, 0.5) is 0 Å². The van der Waals surface area contributed by atoms with Crippen LogP contribution in [0.15, 0.2) is 12.2 Å². The first-order valence-electron chi connectivity index (χ1n) is 12.8. The maximum atomic E-state index is 11.5. The van der Waals surface area contributed by atoms with E-state index in [4.69, 9.17) is 5.73 Å². The molecule has 0 radical (unpaired) electrons. The fourth-order valence-electron chi connectivity index (χ4n) is 8.73. The van der Waals surface area contributed by atoms with E-state index in [0.717, 1.165) is 19.3 Å². The highest BCUT2D eigenvalue weighted by Crippen LogP contribution is 2.67. The Bertz CT molecular complexity index is 682. The van der Waals surface area contributed by atoms with Gasteiger partial charge in [0, 0.05) is 0 Å². The fraction of sp³-hybridized carbons (Fsp3) is 0.885. The van der Waals surface area contributed by atoms with Crippen LogP contribution in [0.1, 0.15) is 84.5 Å². The van der Waals surface area contributed by atoms with E-state index in [1.807, 2.05) is 6.08 Å². The van der Waals surface area contributed by atoms with Crippen molar-refractivity contribution in [3.05, 3.63) is 12.2 Å². The summed E-state index contributed by atoms with van der Waals surface area (Å²) >= 11 is 0. The zero-order valence-corrected chi connectivity index (χ0v) is 19.6. The molecule has 4 fully saturated rings. The molecule has 0 aromatic carbocycles. The Morgan fingerprint density at radius 2 is 1.77 bits per heavy atom. The lowest BCUT2D eigenvalue weighted by Crippen LogP contribution is -2.63. The van der Waals surface area contributed by atoms with Crippen molar-refractivity contribution < 1.29 is 15.0 Å². The van der Waals surface area contributed by atoms with Crippen LogP contribution in [0, 0.1) is 40.4 Å². The molecule has 4 aliphatic rings. The highest BCUT2D eigenvalue weighted by molar-refractivity contribution is 5.87. The molecule has 9 atom stereocenters. The predicted molar refractivity (Wildman–Crippen MR) is 123 cm³/mol. The summed E-state index contributed by atoms with van der Waals surface area (Å²) in [5.74, 6) is 2.21. The summed E-state index contributed by atoms with van der Waals surface area (Å²) in [4.78, 5) is 11.5. The molecule has 0 aromatic heterocycles. The van der Waals surface area contributed by atoms with Gasteiger partial charge in [-0.3, -0.25) is 4.79 Å². The van der Waals surface area contributed by atoms with Crippen molar-refractivity contribution in [3.63, 3.8) is 0 Å². The number of carbonyl (C=O) groups excluding carboxylic acids is 1. The molecule has 0 aliphatic heterocycles. The van der Waals surface area contributed by atoms with Crippen molar-refractivity contribution in [3.8, 4) is 0 Å². The average molecular weight is 433 g/mol. The van der Waals surface area contributed by atoms with Crippen molar-refractivity contribution in [1.29, 1.82) is 0 Å². The van der Waals surface area contributed by atoms with Crippen LogP contribution in [-0.4, -0.2) is 35.0 Å². The first-order chi connectivity index (χ1) is 14.8. The normalized spacial score (nSPS) is 46.9. The maximum Gasteiger partial charge on any atom is 0.244 e. The minimum atomic E-state index is -0.548. The van der Waals surface area contributed by atoms with Crippen molar-refractivity contribution >= 4 is 5.91 Å². The SMILES string of the molecule is CC12CCC3C(C(O)C(O)C4CCCCC43C)C1CCC2CCC/C=C/C(=O)NCN. The number of fused-ring (bicyclic) bond motifs is 5. The van der Waals surface area contributed by atoms with E-state index in [0.29, 0.717) is 17.8 Å². The summed E-state index contributed by atoms with van der Waals surface area (Å²) in [5, 5.41) is 25.0.